The molecule has 0 aliphatic heterocycles. The van der Waals surface area contributed by atoms with Crippen molar-refractivity contribution in [2.24, 2.45) is 5.92 Å². The lowest BCUT2D eigenvalue weighted by atomic mass is 9.93. The zero-order chi connectivity index (χ0) is 12.3. The molecule has 1 rings (SSSR count). The van der Waals surface area contributed by atoms with Gasteiger partial charge in [0.05, 0.1) is 0 Å². The van der Waals surface area contributed by atoms with Crippen LogP contribution in [0.2, 0.25) is 0 Å². The van der Waals surface area contributed by atoms with E-state index in [1.54, 1.807) is 0 Å². The molecule has 0 radical (unpaired) electrons. The maximum Gasteiger partial charge on any atom is 0.244 e. The molecule has 0 saturated heterocycles. The summed E-state index contributed by atoms with van der Waals surface area (Å²) in [7, 11) is 0. The molecule has 0 fully saturated rings. The van der Waals surface area contributed by atoms with Crippen molar-refractivity contribution in [3.63, 3.8) is 0 Å². The van der Waals surface area contributed by atoms with Gasteiger partial charge in [0.1, 0.15) is 4.49 Å². The van der Waals surface area contributed by atoms with Crippen molar-refractivity contribution < 1.29 is 15.0 Å². The first-order valence-corrected chi connectivity index (χ1v) is 5.30. The number of halogens is 3. The standard InChI is InChI=1S/C10H7Cl3O3/c11-7(15)4-2-5-1-3-6(14)9(16)8(5)10(12)13/h1-5,14,16H/b4-2+. The molecule has 1 aliphatic carbocycles. The van der Waals surface area contributed by atoms with Crippen LogP contribution < -0.4 is 0 Å². The third-order valence-corrected chi connectivity index (χ3v) is 2.46. The molecule has 3 nitrogen and oxygen atoms in total. The number of allylic oxidation sites excluding steroid dienone is 5. The van der Waals surface area contributed by atoms with Crippen LogP contribution in [0.5, 0.6) is 0 Å². The summed E-state index contributed by atoms with van der Waals surface area (Å²) in [5, 5.41) is 18.2. The fourth-order valence-corrected chi connectivity index (χ4v) is 1.72. The monoisotopic (exact) mass is 280 g/mol. The van der Waals surface area contributed by atoms with E-state index in [4.69, 9.17) is 34.8 Å². The Morgan fingerprint density at radius 2 is 1.94 bits per heavy atom. The van der Waals surface area contributed by atoms with E-state index in [1.165, 1.54) is 18.2 Å². The molecule has 1 atom stereocenters. The zero-order valence-electron chi connectivity index (χ0n) is 7.82. The average Bonchev–Trinajstić information content (AvgIpc) is 2.19. The van der Waals surface area contributed by atoms with Gasteiger partial charge in [0, 0.05) is 11.5 Å². The van der Waals surface area contributed by atoms with E-state index in [9.17, 15) is 15.0 Å². The third kappa shape index (κ3) is 3.04. The Balaban J connectivity index is 3.11. The number of aliphatic hydroxyl groups is 2. The summed E-state index contributed by atoms with van der Waals surface area (Å²) >= 11 is 16.3. The van der Waals surface area contributed by atoms with E-state index < -0.39 is 16.9 Å². The van der Waals surface area contributed by atoms with Gasteiger partial charge in [-0.25, -0.2) is 0 Å². The molecule has 0 bridgehead atoms. The van der Waals surface area contributed by atoms with E-state index in [1.807, 2.05) is 0 Å². The smallest absolute Gasteiger partial charge is 0.244 e. The van der Waals surface area contributed by atoms with Crippen molar-refractivity contribution in [2.45, 2.75) is 0 Å². The first kappa shape index (κ1) is 13.2. The molecule has 0 aromatic heterocycles. The number of carbonyl (C=O) groups excluding carboxylic acids is 1. The molecule has 0 aromatic carbocycles. The molecule has 86 valence electrons. The molecule has 1 unspecified atom stereocenters. The first-order chi connectivity index (χ1) is 7.43. The van der Waals surface area contributed by atoms with Gasteiger partial charge in [0.15, 0.2) is 11.5 Å². The van der Waals surface area contributed by atoms with E-state index in [2.05, 4.69) is 0 Å². The van der Waals surface area contributed by atoms with Crippen LogP contribution in [0.4, 0.5) is 0 Å². The predicted molar refractivity (Wildman–Crippen MR) is 63.6 cm³/mol. The maximum atomic E-state index is 10.6. The summed E-state index contributed by atoms with van der Waals surface area (Å²) in [4.78, 5) is 10.6. The first-order valence-electron chi connectivity index (χ1n) is 4.17. The second-order valence-electron chi connectivity index (χ2n) is 2.96. The minimum Gasteiger partial charge on any atom is -0.504 e. The highest BCUT2D eigenvalue weighted by atomic mass is 35.5. The van der Waals surface area contributed by atoms with Crippen LogP contribution in [-0.4, -0.2) is 15.5 Å². The SMILES string of the molecule is O=C(Cl)/C=C/C1C=CC(O)=C(O)C1=C(Cl)Cl. The van der Waals surface area contributed by atoms with Gasteiger partial charge in [-0.1, -0.05) is 35.4 Å². The Kier molecular flexibility index (Phi) is 4.47. The molecule has 6 heteroatoms. The Hall–Kier alpha value is -0.900. The van der Waals surface area contributed by atoms with Gasteiger partial charge < -0.3 is 10.2 Å². The minimum absolute atomic E-state index is 0.123. The van der Waals surface area contributed by atoms with Crippen molar-refractivity contribution in [3.05, 3.63) is 45.9 Å². The van der Waals surface area contributed by atoms with Gasteiger partial charge >= 0.3 is 0 Å². The van der Waals surface area contributed by atoms with Crippen LogP contribution in [0.25, 0.3) is 0 Å². The quantitative estimate of drug-likeness (QED) is 0.601. The Morgan fingerprint density at radius 3 is 2.44 bits per heavy atom. The molecule has 1 aliphatic rings. The van der Waals surface area contributed by atoms with Crippen molar-refractivity contribution in [2.75, 3.05) is 0 Å². The Morgan fingerprint density at radius 1 is 1.31 bits per heavy atom. The van der Waals surface area contributed by atoms with Crippen LogP contribution in [0.15, 0.2) is 45.9 Å². The van der Waals surface area contributed by atoms with Gasteiger partial charge in [-0.15, -0.1) is 0 Å². The molecule has 16 heavy (non-hydrogen) atoms. The molecule has 2 N–H and O–H groups in total. The number of carbonyl (C=O) groups is 1. The summed E-state index contributed by atoms with van der Waals surface area (Å²) in [6.45, 7) is 0. The van der Waals surface area contributed by atoms with Crippen LogP contribution in [0, 0.1) is 5.92 Å². The van der Waals surface area contributed by atoms with E-state index >= 15 is 0 Å². The summed E-state index contributed by atoms with van der Waals surface area (Å²) in [5.41, 5.74) is 0.123. The summed E-state index contributed by atoms with van der Waals surface area (Å²) in [6.07, 6.45) is 5.33. The lowest BCUT2D eigenvalue weighted by Crippen LogP contribution is -2.08. The molecule has 0 aromatic rings. The average molecular weight is 282 g/mol. The summed E-state index contributed by atoms with van der Waals surface area (Å²) < 4.78 is -0.190. The molecular weight excluding hydrogens is 274 g/mol. The molecule has 0 spiro atoms. The van der Waals surface area contributed by atoms with Crippen molar-refractivity contribution in [1.29, 1.82) is 0 Å². The van der Waals surface area contributed by atoms with Crippen LogP contribution in [-0.2, 0) is 4.79 Å². The highest BCUT2D eigenvalue weighted by Gasteiger charge is 2.23. The highest BCUT2D eigenvalue weighted by Crippen LogP contribution is 2.33. The third-order valence-electron chi connectivity index (χ3n) is 1.93. The van der Waals surface area contributed by atoms with E-state index in [0.717, 1.165) is 6.08 Å². The second kappa shape index (κ2) is 5.43. The Labute approximate surface area is 107 Å². The van der Waals surface area contributed by atoms with Gasteiger partial charge in [-0.05, 0) is 23.8 Å². The lowest BCUT2D eigenvalue weighted by Gasteiger charge is -2.17. The largest absolute Gasteiger partial charge is 0.504 e. The second-order valence-corrected chi connectivity index (χ2v) is 4.28. The van der Waals surface area contributed by atoms with Crippen LogP contribution in [0.1, 0.15) is 0 Å². The fraction of sp³-hybridized carbons (Fsp3) is 0.100. The summed E-state index contributed by atoms with van der Waals surface area (Å²) in [5.74, 6) is -1.27. The molecular formula is C10H7Cl3O3. The van der Waals surface area contributed by atoms with Crippen molar-refractivity contribution in [3.8, 4) is 0 Å². The lowest BCUT2D eigenvalue weighted by molar-refractivity contribution is -0.107. The number of rotatable bonds is 2. The number of hydrogen-bond donors (Lipinski definition) is 2. The van der Waals surface area contributed by atoms with E-state index in [-0.39, 0.29) is 15.8 Å². The Bertz CT molecular complexity index is 427. The normalized spacial score (nSPS) is 20.7. The minimum atomic E-state index is -0.656. The van der Waals surface area contributed by atoms with Gasteiger partial charge in [-0.2, -0.15) is 0 Å². The van der Waals surface area contributed by atoms with Crippen molar-refractivity contribution >= 4 is 40.0 Å². The fourth-order valence-electron chi connectivity index (χ4n) is 1.22. The maximum absolute atomic E-state index is 10.6. The van der Waals surface area contributed by atoms with Crippen molar-refractivity contribution in [1.82, 2.24) is 0 Å². The summed E-state index contributed by atoms with van der Waals surface area (Å²) in [6, 6.07) is 0. The molecule has 0 saturated carbocycles. The van der Waals surface area contributed by atoms with Crippen LogP contribution in [0.3, 0.4) is 0 Å². The van der Waals surface area contributed by atoms with Crippen LogP contribution >= 0.6 is 34.8 Å². The predicted octanol–water partition coefficient (Wildman–Crippen LogP) is 3.51. The van der Waals surface area contributed by atoms with E-state index in [0.29, 0.717) is 0 Å². The molecule has 0 amide bonds. The topological polar surface area (TPSA) is 57.5 Å². The number of hydrogen-bond acceptors (Lipinski definition) is 3. The zero-order valence-corrected chi connectivity index (χ0v) is 10.1. The number of aliphatic hydroxyl groups excluding tert-OH is 2. The van der Waals surface area contributed by atoms with Gasteiger partial charge in [-0.3, -0.25) is 4.79 Å². The van der Waals surface area contributed by atoms with Gasteiger partial charge in [0.2, 0.25) is 5.24 Å². The molecule has 0 heterocycles. The van der Waals surface area contributed by atoms with Gasteiger partial charge in [0.25, 0.3) is 0 Å². The highest BCUT2D eigenvalue weighted by molar-refractivity contribution is 6.66.